The molecule has 0 aromatic heterocycles. The van der Waals surface area contributed by atoms with E-state index in [0.717, 1.165) is 24.8 Å². The third-order valence-corrected chi connectivity index (χ3v) is 4.70. The first-order valence-electron chi connectivity index (χ1n) is 11.5. The molecular weight excluding hydrogens is 426 g/mol. The number of hydrogen-bond donors (Lipinski definition) is 4. The Kier molecular flexibility index (Phi) is 13.3. The summed E-state index contributed by atoms with van der Waals surface area (Å²) in [6, 6.07) is 6.86. The van der Waals surface area contributed by atoms with E-state index in [0.29, 0.717) is 31.7 Å². The molecular formula is C24H39N3O6. The Morgan fingerprint density at radius 3 is 2.30 bits per heavy atom. The number of nitrogens with one attached hydrogen (secondary N) is 3. The number of rotatable bonds is 15. The van der Waals surface area contributed by atoms with Crippen LogP contribution in [0.15, 0.2) is 24.3 Å². The second-order valence-electron chi connectivity index (χ2n) is 8.81. The number of unbranched alkanes of at least 4 members (excludes halogenated alkanes) is 3. The van der Waals surface area contributed by atoms with Gasteiger partial charge in [-0.25, -0.2) is 5.48 Å². The molecule has 0 spiro atoms. The van der Waals surface area contributed by atoms with Gasteiger partial charge in [-0.1, -0.05) is 25.0 Å². The molecule has 0 unspecified atom stereocenters. The Hall–Kier alpha value is -2.49. The number of hydrogen-bond acceptors (Lipinski definition) is 7. The number of esters is 1. The molecule has 1 aromatic rings. The molecule has 4 N–H and O–H groups in total. The number of ether oxygens (including phenoxy) is 2. The van der Waals surface area contributed by atoms with Gasteiger partial charge in [-0.05, 0) is 58.2 Å². The van der Waals surface area contributed by atoms with Gasteiger partial charge in [0.1, 0.15) is 6.04 Å². The fraction of sp³-hybridized carbons (Fsp3) is 0.625. The second-order valence-corrected chi connectivity index (χ2v) is 8.81. The molecule has 0 fully saturated rings. The molecule has 0 bridgehead atoms. The van der Waals surface area contributed by atoms with Gasteiger partial charge in [-0.15, -0.1) is 0 Å². The van der Waals surface area contributed by atoms with Crippen LogP contribution in [0.5, 0.6) is 0 Å². The summed E-state index contributed by atoms with van der Waals surface area (Å²) < 4.78 is 10.9. The van der Waals surface area contributed by atoms with E-state index >= 15 is 0 Å². The molecule has 0 aliphatic rings. The zero-order valence-corrected chi connectivity index (χ0v) is 20.2. The van der Waals surface area contributed by atoms with Crippen molar-refractivity contribution < 1.29 is 29.1 Å². The van der Waals surface area contributed by atoms with E-state index in [1.54, 1.807) is 12.4 Å². The smallest absolute Gasteiger partial charge is 0.325 e. The fourth-order valence-electron chi connectivity index (χ4n) is 2.99. The molecule has 0 saturated heterocycles. The van der Waals surface area contributed by atoms with Crippen molar-refractivity contribution in [1.82, 2.24) is 10.8 Å². The highest BCUT2D eigenvalue weighted by Crippen LogP contribution is 2.13. The van der Waals surface area contributed by atoms with Crippen LogP contribution in [0, 0.1) is 0 Å². The van der Waals surface area contributed by atoms with Gasteiger partial charge in [0.25, 0.3) is 0 Å². The van der Waals surface area contributed by atoms with Crippen molar-refractivity contribution in [2.45, 2.75) is 84.4 Å². The first kappa shape index (κ1) is 28.5. The van der Waals surface area contributed by atoms with Crippen LogP contribution in [-0.2, 0) is 30.4 Å². The minimum absolute atomic E-state index is 0.0730. The Morgan fingerprint density at radius 2 is 1.70 bits per heavy atom. The lowest BCUT2D eigenvalue weighted by Gasteiger charge is -2.24. The molecule has 1 atom stereocenters. The van der Waals surface area contributed by atoms with Crippen LogP contribution in [0.3, 0.4) is 0 Å². The van der Waals surface area contributed by atoms with Crippen LogP contribution < -0.4 is 16.1 Å². The average molecular weight is 466 g/mol. The van der Waals surface area contributed by atoms with Gasteiger partial charge in [0, 0.05) is 25.1 Å². The molecule has 9 heteroatoms. The molecule has 186 valence electrons. The van der Waals surface area contributed by atoms with Gasteiger partial charge < -0.3 is 14.8 Å². The monoisotopic (exact) mass is 465 g/mol. The number of carbonyl (C=O) groups is 3. The Morgan fingerprint density at radius 1 is 1.03 bits per heavy atom. The normalized spacial score (nSPS) is 12.2. The molecule has 0 aliphatic carbocycles. The van der Waals surface area contributed by atoms with Crippen LogP contribution >= 0.6 is 0 Å². The van der Waals surface area contributed by atoms with Gasteiger partial charge in [0.2, 0.25) is 11.8 Å². The minimum Gasteiger partial charge on any atom is -0.465 e. The number of hydroxylamine groups is 1. The fourth-order valence-corrected chi connectivity index (χ4v) is 2.99. The largest absolute Gasteiger partial charge is 0.465 e. The van der Waals surface area contributed by atoms with Crippen molar-refractivity contribution in [3.63, 3.8) is 0 Å². The number of carbonyl (C=O) groups excluding carboxylic acids is 3. The molecule has 0 radical (unpaired) electrons. The number of amides is 2. The zero-order valence-electron chi connectivity index (χ0n) is 20.2. The molecule has 2 amide bonds. The first-order valence-corrected chi connectivity index (χ1v) is 11.5. The average Bonchev–Trinajstić information content (AvgIpc) is 2.75. The van der Waals surface area contributed by atoms with Crippen LogP contribution in [0.1, 0.15) is 71.8 Å². The van der Waals surface area contributed by atoms with Gasteiger partial charge in [-0.2, -0.15) is 0 Å². The lowest BCUT2D eigenvalue weighted by molar-refractivity contribution is -0.149. The van der Waals surface area contributed by atoms with Crippen molar-refractivity contribution >= 4 is 23.5 Å². The third-order valence-electron chi connectivity index (χ3n) is 4.70. The summed E-state index contributed by atoms with van der Waals surface area (Å²) in [7, 11) is 0. The second kappa shape index (κ2) is 15.4. The van der Waals surface area contributed by atoms with Crippen LogP contribution in [0.4, 0.5) is 5.69 Å². The summed E-state index contributed by atoms with van der Waals surface area (Å²) in [4.78, 5) is 35.4. The number of benzene rings is 1. The van der Waals surface area contributed by atoms with E-state index < -0.39 is 11.9 Å². The van der Waals surface area contributed by atoms with Crippen molar-refractivity contribution in [3.05, 3.63) is 29.8 Å². The maximum atomic E-state index is 12.3. The highest BCUT2D eigenvalue weighted by Gasteiger charge is 2.22. The van der Waals surface area contributed by atoms with E-state index in [1.165, 1.54) is 0 Å². The van der Waals surface area contributed by atoms with Crippen molar-refractivity contribution in [2.75, 3.05) is 18.5 Å². The van der Waals surface area contributed by atoms with E-state index in [2.05, 4.69) is 10.6 Å². The molecule has 1 rings (SSSR count). The van der Waals surface area contributed by atoms with E-state index in [4.69, 9.17) is 14.7 Å². The molecule has 0 heterocycles. The van der Waals surface area contributed by atoms with Crippen LogP contribution in [0.2, 0.25) is 0 Å². The van der Waals surface area contributed by atoms with Crippen molar-refractivity contribution in [1.29, 1.82) is 0 Å². The molecule has 0 aliphatic heterocycles. The lowest BCUT2D eigenvalue weighted by Crippen LogP contribution is -2.43. The quantitative estimate of drug-likeness (QED) is 0.135. The third kappa shape index (κ3) is 13.6. The molecule has 0 saturated carbocycles. The summed E-state index contributed by atoms with van der Waals surface area (Å²) in [5, 5.41) is 14.5. The Bertz CT molecular complexity index is 748. The van der Waals surface area contributed by atoms with Crippen LogP contribution in [0.25, 0.3) is 0 Å². The summed E-state index contributed by atoms with van der Waals surface area (Å²) >= 11 is 0. The van der Waals surface area contributed by atoms with E-state index in [9.17, 15) is 14.4 Å². The van der Waals surface area contributed by atoms with Gasteiger partial charge in [-0.3, -0.25) is 24.9 Å². The SMILES string of the molecule is CCOC(=O)[C@H](COC(C)(C)C)NCc1cccc(NC(=O)CCCCCCC(=O)NO)c1. The van der Waals surface area contributed by atoms with Gasteiger partial charge in [0.05, 0.1) is 18.8 Å². The van der Waals surface area contributed by atoms with Gasteiger partial charge >= 0.3 is 5.97 Å². The predicted octanol–water partition coefficient (Wildman–Crippen LogP) is 3.31. The van der Waals surface area contributed by atoms with Crippen LogP contribution in [-0.4, -0.2) is 47.8 Å². The zero-order chi connectivity index (χ0) is 24.7. The molecule has 9 nitrogen and oxygen atoms in total. The maximum absolute atomic E-state index is 12.3. The topological polar surface area (TPSA) is 126 Å². The van der Waals surface area contributed by atoms with E-state index in [1.807, 2.05) is 45.0 Å². The first-order chi connectivity index (χ1) is 15.6. The standard InChI is InChI=1S/C24H39N3O6/c1-5-32-23(30)20(17-33-24(2,3)4)25-16-18-11-10-12-19(15-18)26-21(28)13-8-6-7-9-14-22(29)27-31/h10-12,15,20,25,31H,5-9,13-14,16-17H2,1-4H3,(H,26,28)(H,27,29)/t20-/m0/s1. The van der Waals surface area contributed by atoms with E-state index in [-0.39, 0.29) is 30.5 Å². The summed E-state index contributed by atoms with van der Waals surface area (Å²) in [5.41, 5.74) is 2.85. The highest BCUT2D eigenvalue weighted by molar-refractivity contribution is 5.90. The predicted molar refractivity (Wildman–Crippen MR) is 126 cm³/mol. The number of anilines is 1. The summed E-state index contributed by atoms with van der Waals surface area (Å²) in [5.74, 6) is -0.822. The maximum Gasteiger partial charge on any atom is 0.325 e. The Balaban J connectivity index is 2.48. The minimum atomic E-state index is -0.592. The Labute approximate surface area is 196 Å². The van der Waals surface area contributed by atoms with Gasteiger partial charge in [0.15, 0.2) is 0 Å². The lowest BCUT2D eigenvalue weighted by atomic mass is 10.1. The van der Waals surface area contributed by atoms with Crippen molar-refractivity contribution in [3.8, 4) is 0 Å². The molecule has 1 aromatic carbocycles. The highest BCUT2D eigenvalue weighted by atomic mass is 16.5. The summed E-state index contributed by atoms with van der Waals surface area (Å²) in [6.07, 6.45) is 3.73. The van der Waals surface area contributed by atoms with Crippen molar-refractivity contribution in [2.24, 2.45) is 0 Å². The summed E-state index contributed by atoms with van der Waals surface area (Å²) in [6.45, 7) is 8.46. The molecule has 33 heavy (non-hydrogen) atoms.